The molecule has 2 aromatic rings. The summed E-state index contributed by atoms with van der Waals surface area (Å²) in [6, 6.07) is 11.4. The molecule has 20 heavy (non-hydrogen) atoms. The monoisotopic (exact) mass is 463 g/mol. The number of aryl methyl sites for hydroxylation is 1. The van der Waals surface area contributed by atoms with E-state index >= 15 is 0 Å². The zero-order valence-corrected chi connectivity index (χ0v) is 16.3. The van der Waals surface area contributed by atoms with Crippen molar-refractivity contribution in [2.75, 3.05) is 6.54 Å². The Morgan fingerprint density at radius 1 is 1.30 bits per heavy atom. The number of hydrogen-bond acceptors (Lipinski definition) is 2. The van der Waals surface area contributed by atoms with Crippen molar-refractivity contribution in [3.05, 3.63) is 53.7 Å². The van der Waals surface area contributed by atoms with E-state index in [1.165, 1.54) is 23.4 Å². The van der Waals surface area contributed by atoms with Crippen LogP contribution in [0, 0.1) is 10.5 Å². The fourth-order valence-electron chi connectivity index (χ4n) is 2.21. The van der Waals surface area contributed by atoms with Crippen molar-refractivity contribution >= 4 is 49.9 Å². The Kier molecular flexibility index (Phi) is 6.52. The molecule has 0 saturated carbocycles. The van der Waals surface area contributed by atoms with Crippen LogP contribution in [-0.2, 0) is 6.42 Å². The van der Waals surface area contributed by atoms with Crippen LogP contribution < -0.4 is 5.32 Å². The zero-order valence-electron chi connectivity index (χ0n) is 11.7. The van der Waals surface area contributed by atoms with Gasteiger partial charge in [0.1, 0.15) is 0 Å². The molecule has 1 atom stereocenters. The van der Waals surface area contributed by atoms with Crippen molar-refractivity contribution in [3.8, 4) is 0 Å². The SMILES string of the molecule is CCCNC(Cc1ccc(Br)s1)c1cccc(C)c1I. The standard InChI is InChI=1S/C16H19BrINS/c1-3-9-19-14(10-12-7-8-15(17)20-12)13-6-4-5-11(2)16(13)18/h4-8,14,19H,3,9-10H2,1-2H3. The van der Waals surface area contributed by atoms with E-state index in [-0.39, 0.29) is 0 Å². The minimum atomic E-state index is 0.396. The summed E-state index contributed by atoms with van der Waals surface area (Å²) in [4.78, 5) is 1.42. The van der Waals surface area contributed by atoms with Gasteiger partial charge in [0.2, 0.25) is 0 Å². The Morgan fingerprint density at radius 2 is 2.10 bits per heavy atom. The molecule has 0 saturated heterocycles. The first-order chi connectivity index (χ1) is 9.61. The summed E-state index contributed by atoms with van der Waals surface area (Å²) >= 11 is 7.86. The molecule has 0 fully saturated rings. The third kappa shape index (κ3) is 4.29. The van der Waals surface area contributed by atoms with E-state index in [0.29, 0.717) is 6.04 Å². The minimum absolute atomic E-state index is 0.396. The van der Waals surface area contributed by atoms with Crippen LogP contribution in [0.3, 0.4) is 0 Å². The highest BCUT2D eigenvalue weighted by Crippen LogP contribution is 2.29. The largest absolute Gasteiger partial charge is 0.310 e. The highest BCUT2D eigenvalue weighted by atomic mass is 127. The van der Waals surface area contributed by atoms with Crippen molar-refractivity contribution in [2.24, 2.45) is 0 Å². The van der Waals surface area contributed by atoms with Gasteiger partial charge in [-0.25, -0.2) is 0 Å². The van der Waals surface area contributed by atoms with Crippen LogP contribution in [0.25, 0.3) is 0 Å². The fourth-order valence-corrected chi connectivity index (χ4v) is 4.48. The molecule has 108 valence electrons. The van der Waals surface area contributed by atoms with Gasteiger partial charge in [0.15, 0.2) is 0 Å². The summed E-state index contributed by atoms with van der Waals surface area (Å²) < 4.78 is 2.59. The predicted molar refractivity (Wildman–Crippen MR) is 101 cm³/mol. The number of halogens is 2. The molecule has 0 amide bonds. The summed E-state index contributed by atoms with van der Waals surface area (Å²) in [7, 11) is 0. The van der Waals surface area contributed by atoms with Crippen molar-refractivity contribution < 1.29 is 0 Å². The molecule has 0 bridgehead atoms. The molecule has 1 aromatic carbocycles. The van der Waals surface area contributed by atoms with E-state index in [1.54, 1.807) is 0 Å². The van der Waals surface area contributed by atoms with E-state index in [0.717, 1.165) is 19.4 Å². The molecule has 1 unspecified atom stereocenters. The highest BCUT2D eigenvalue weighted by molar-refractivity contribution is 14.1. The summed E-state index contributed by atoms with van der Waals surface area (Å²) in [5.41, 5.74) is 2.78. The maximum absolute atomic E-state index is 3.70. The third-order valence-electron chi connectivity index (χ3n) is 3.27. The van der Waals surface area contributed by atoms with Crippen LogP contribution in [0.2, 0.25) is 0 Å². The number of nitrogens with one attached hydrogen (secondary N) is 1. The zero-order chi connectivity index (χ0) is 14.5. The van der Waals surface area contributed by atoms with Gasteiger partial charge in [-0.05, 0) is 81.7 Å². The van der Waals surface area contributed by atoms with E-state index in [9.17, 15) is 0 Å². The molecule has 1 nitrogen and oxygen atoms in total. The lowest BCUT2D eigenvalue weighted by atomic mass is 10.0. The van der Waals surface area contributed by atoms with Crippen LogP contribution in [0.15, 0.2) is 34.1 Å². The van der Waals surface area contributed by atoms with Crippen molar-refractivity contribution in [3.63, 3.8) is 0 Å². The second-order valence-corrected chi connectivity index (χ2v) is 8.52. The van der Waals surface area contributed by atoms with Crippen molar-refractivity contribution in [1.29, 1.82) is 0 Å². The smallest absolute Gasteiger partial charge is 0.0701 e. The molecule has 0 aliphatic heterocycles. The van der Waals surface area contributed by atoms with E-state index < -0.39 is 0 Å². The third-order valence-corrected chi connectivity index (χ3v) is 6.39. The molecule has 0 radical (unpaired) electrons. The Bertz CT molecular complexity index is 567. The van der Waals surface area contributed by atoms with Gasteiger partial charge in [-0.1, -0.05) is 25.1 Å². The first kappa shape index (κ1) is 16.5. The second kappa shape index (κ2) is 7.92. The first-order valence-electron chi connectivity index (χ1n) is 6.84. The predicted octanol–water partition coefficient (Wildman–Crippen LogP) is 5.71. The Balaban J connectivity index is 2.24. The van der Waals surface area contributed by atoms with Gasteiger partial charge >= 0.3 is 0 Å². The topological polar surface area (TPSA) is 12.0 Å². The maximum Gasteiger partial charge on any atom is 0.0701 e. The molecule has 0 aliphatic carbocycles. The lowest BCUT2D eigenvalue weighted by Crippen LogP contribution is -2.24. The molecule has 1 aromatic heterocycles. The number of rotatable bonds is 6. The Morgan fingerprint density at radius 3 is 2.75 bits per heavy atom. The van der Waals surface area contributed by atoms with Crippen LogP contribution >= 0.6 is 49.9 Å². The lowest BCUT2D eigenvalue weighted by Gasteiger charge is -2.20. The molecule has 0 aliphatic rings. The molecular formula is C16H19BrINS. The highest BCUT2D eigenvalue weighted by Gasteiger charge is 2.16. The van der Waals surface area contributed by atoms with E-state index in [1.807, 2.05) is 11.3 Å². The fraction of sp³-hybridized carbons (Fsp3) is 0.375. The van der Waals surface area contributed by atoms with Gasteiger partial charge < -0.3 is 5.32 Å². The van der Waals surface area contributed by atoms with Gasteiger partial charge in [0.05, 0.1) is 3.79 Å². The van der Waals surface area contributed by atoms with Crippen LogP contribution in [0.4, 0.5) is 0 Å². The quantitative estimate of drug-likeness (QED) is 0.541. The Labute approximate surface area is 147 Å². The van der Waals surface area contributed by atoms with Gasteiger partial charge in [0.25, 0.3) is 0 Å². The number of benzene rings is 1. The molecule has 1 N–H and O–H groups in total. The van der Waals surface area contributed by atoms with E-state index in [4.69, 9.17) is 0 Å². The number of hydrogen-bond donors (Lipinski definition) is 1. The summed E-state index contributed by atoms with van der Waals surface area (Å²) in [6.45, 7) is 5.46. The van der Waals surface area contributed by atoms with E-state index in [2.05, 4.69) is 88.0 Å². The normalized spacial score (nSPS) is 12.6. The molecule has 1 heterocycles. The minimum Gasteiger partial charge on any atom is -0.310 e. The molecule has 0 spiro atoms. The Hall–Kier alpha value is 0.0900. The van der Waals surface area contributed by atoms with Gasteiger partial charge in [-0.3, -0.25) is 0 Å². The average Bonchev–Trinajstić information content (AvgIpc) is 2.83. The maximum atomic E-state index is 3.70. The summed E-state index contributed by atoms with van der Waals surface area (Å²) in [5.74, 6) is 0. The van der Waals surface area contributed by atoms with Crippen LogP contribution in [-0.4, -0.2) is 6.54 Å². The molecule has 4 heteroatoms. The lowest BCUT2D eigenvalue weighted by molar-refractivity contribution is 0.530. The van der Waals surface area contributed by atoms with Gasteiger partial charge in [-0.2, -0.15) is 0 Å². The second-order valence-electron chi connectivity index (χ2n) is 4.89. The summed E-state index contributed by atoms with van der Waals surface area (Å²) in [5, 5.41) is 3.70. The van der Waals surface area contributed by atoms with Crippen LogP contribution in [0.5, 0.6) is 0 Å². The van der Waals surface area contributed by atoms with Crippen molar-refractivity contribution in [1.82, 2.24) is 5.32 Å². The van der Waals surface area contributed by atoms with Gasteiger partial charge in [0, 0.05) is 20.9 Å². The van der Waals surface area contributed by atoms with Crippen LogP contribution in [0.1, 0.15) is 35.4 Å². The molecular weight excluding hydrogens is 445 g/mol. The van der Waals surface area contributed by atoms with Crippen molar-refractivity contribution in [2.45, 2.75) is 32.7 Å². The molecule has 2 rings (SSSR count). The average molecular weight is 464 g/mol. The number of thiophene rings is 1. The first-order valence-corrected chi connectivity index (χ1v) is 9.53. The van der Waals surface area contributed by atoms with Gasteiger partial charge in [-0.15, -0.1) is 11.3 Å². The summed E-state index contributed by atoms with van der Waals surface area (Å²) in [6.07, 6.45) is 2.21.